The predicted octanol–water partition coefficient (Wildman–Crippen LogP) is 3.40. The Hall–Kier alpha value is -1.09. The van der Waals surface area contributed by atoms with Gasteiger partial charge in [0.05, 0.1) is 7.11 Å². The van der Waals surface area contributed by atoms with Crippen LogP contribution in [0.15, 0.2) is 18.2 Å². The van der Waals surface area contributed by atoms with Gasteiger partial charge in [-0.25, -0.2) is 4.39 Å². The molecule has 106 valence electrons. The van der Waals surface area contributed by atoms with Crippen molar-refractivity contribution in [2.75, 3.05) is 13.7 Å². The van der Waals surface area contributed by atoms with Crippen molar-refractivity contribution in [3.05, 3.63) is 29.6 Å². The van der Waals surface area contributed by atoms with Crippen LogP contribution in [0.3, 0.4) is 0 Å². The third-order valence-electron chi connectivity index (χ3n) is 4.11. The molecule has 0 radical (unpaired) electrons. The van der Waals surface area contributed by atoms with Crippen molar-refractivity contribution in [3.8, 4) is 5.75 Å². The third kappa shape index (κ3) is 3.47. The highest BCUT2D eigenvalue weighted by molar-refractivity contribution is 5.31. The van der Waals surface area contributed by atoms with Gasteiger partial charge in [0.2, 0.25) is 0 Å². The molecule has 1 aromatic rings. The fourth-order valence-corrected chi connectivity index (χ4v) is 2.72. The molecule has 0 spiro atoms. The number of halogens is 1. The van der Waals surface area contributed by atoms with Crippen LogP contribution in [0.25, 0.3) is 0 Å². The zero-order valence-corrected chi connectivity index (χ0v) is 12.1. The molecule has 0 heterocycles. The Kier molecular flexibility index (Phi) is 4.81. The molecule has 1 aromatic carbocycles. The van der Waals surface area contributed by atoms with E-state index in [0.717, 1.165) is 18.5 Å². The van der Waals surface area contributed by atoms with Crippen LogP contribution in [-0.2, 0) is 6.42 Å². The summed E-state index contributed by atoms with van der Waals surface area (Å²) in [5, 5.41) is 3.48. The van der Waals surface area contributed by atoms with Gasteiger partial charge in [-0.1, -0.05) is 26.0 Å². The first-order chi connectivity index (χ1) is 9.11. The van der Waals surface area contributed by atoms with Gasteiger partial charge in [-0.15, -0.1) is 0 Å². The maximum absolute atomic E-state index is 14.1. The van der Waals surface area contributed by atoms with Gasteiger partial charge in [0.1, 0.15) is 0 Å². The minimum absolute atomic E-state index is 0.188. The van der Waals surface area contributed by atoms with E-state index in [1.165, 1.54) is 20.0 Å². The van der Waals surface area contributed by atoms with Crippen LogP contribution in [0.5, 0.6) is 5.75 Å². The third-order valence-corrected chi connectivity index (χ3v) is 4.11. The minimum Gasteiger partial charge on any atom is -0.494 e. The Bertz CT molecular complexity index is 419. The van der Waals surface area contributed by atoms with Gasteiger partial charge in [0, 0.05) is 6.04 Å². The van der Waals surface area contributed by atoms with E-state index in [0.29, 0.717) is 23.6 Å². The van der Waals surface area contributed by atoms with Crippen molar-refractivity contribution < 1.29 is 9.13 Å². The topological polar surface area (TPSA) is 21.3 Å². The number of benzene rings is 1. The summed E-state index contributed by atoms with van der Waals surface area (Å²) in [5.74, 6) is 1.46. The van der Waals surface area contributed by atoms with Crippen molar-refractivity contribution >= 4 is 0 Å². The summed E-state index contributed by atoms with van der Waals surface area (Å²) in [5.41, 5.74) is 0.790. The van der Waals surface area contributed by atoms with Crippen LogP contribution in [0.2, 0.25) is 0 Å². The average Bonchev–Trinajstić information content (AvgIpc) is 2.36. The summed E-state index contributed by atoms with van der Waals surface area (Å²) >= 11 is 0. The SMILES string of the molecule is COc1cccc(CC2CCC2CNC(C)C)c1F. The second kappa shape index (κ2) is 6.38. The molecule has 19 heavy (non-hydrogen) atoms. The van der Waals surface area contributed by atoms with Crippen LogP contribution < -0.4 is 10.1 Å². The lowest BCUT2D eigenvalue weighted by atomic mass is 9.70. The molecular weight excluding hydrogens is 241 g/mol. The van der Waals surface area contributed by atoms with Crippen molar-refractivity contribution in [2.45, 2.75) is 39.2 Å². The van der Waals surface area contributed by atoms with Crippen molar-refractivity contribution in [1.29, 1.82) is 0 Å². The molecule has 1 fully saturated rings. The molecule has 2 atom stereocenters. The summed E-state index contributed by atoms with van der Waals surface area (Å²) in [6.45, 7) is 5.37. The fraction of sp³-hybridized carbons (Fsp3) is 0.625. The smallest absolute Gasteiger partial charge is 0.168 e. The Morgan fingerprint density at radius 3 is 2.63 bits per heavy atom. The number of nitrogens with one attached hydrogen (secondary N) is 1. The Labute approximate surface area is 115 Å². The molecule has 0 aromatic heterocycles. The molecule has 3 heteroatoms. The summed E-state index contributed by atoms with van der Waals surface area (Å²) < 4.78 is 19.1. The van der Waals surface area contributed by atoms with Crippen molar-refractivity contribution in [2.24, 2.45) is 11.8 Å². The molecule has 0 aliphatic heterocycles. The summed E-state index contributed by atoms with van der Waals surface area (Å²) in [4.78, 5) is 0. The molecule has 2 nitrogen and oxygen atoms in total. The fourth-order valence-electron chi connectivity index (χ4n) is 2.72. The first-order valence-corrected chi connectivity index (χ1v) is 7.16. The lowest BCUT2D eigenvalue weighted by Crippen LogP contribution is -2.38. The van der Waals surface area contributed by atoms with E-state index in [1.807, 2.05) is 12.1 Å². The largest absolute Gasteiger partial charge is 0.494 e. The first-order valence-electron chi connectivity index (χ1n) is 7.16. The lowest BCUT2D eigenvalue weighted by molar-refractivity contribution is 0.166. The van der Waals surface area contributed by atoms with Gasteiger partial charge in [-0.2, -0.15) is 0 Å². The van der Waals surface area contributed by atoms with Crippen LogP contribution in [0.1, 0.15) is 32.3 Å². The van der Waals surface area contributed by atoms with Gasteiger partial charge in [0.15, 0.2) is 11.6 Å². The molecule has 1 aliphatic carbocycles. The number of hydrogen-bond donors (Lipinski definition) is 1. The zero-order chi connectivity index (χ0) is 13.8. The number of ether oxygens (including phenoxy) is 1. The molecular formula is C16H24FNO. The highest BCUT2D eigenvalue weighted by Crippen LogP contribution is 2.37. The van der Waals surface area contributed by atoms with Gasteiger partial charge in [-0.05, 0) is 49.3 Å². The second-order valence-electron chi connectivity index (χ2n) is 5.80. The standard InChI is InChI=1S/C16H24FNO/c1-11(2)18-10-14-8-7-12(14)9-13-5-4-6-15(19-3)16(13)17/h4-6,11-12,14,18H,7-10H2,1-3H3. The van der Waals surface area contributed by atoms with Crippen LogP contribution >= 0.6 is 0 Å². The quantitative estimate of drug-likeness (QED) is 0.851. The molecule has 2 rings (SSSR count). The molecule has 1 N–H and O–H groups in total. The number of methoxy groups -OCH3 is 1. The van der Waals surface area contributed by atoms with Gasteiger partial charge in [0.25, 0.3) is 0 Å². The summed E-state index contributed by atoms with van der Waals surface area (Å²) in [7, 11) is 1.51. The molecule has 1 saturated carbocycles. The Morgan fingerprint density at radius 1 is 1.32 bits per heavy atom. The normalized spacial score (nSPS) is 22.4. The molecule has 0 amide bonds. The highest BCUT2D eigenvalue weighted by atomic mass is 19.1. The van der Waals surface area contributed by atoms with Gasteiger partial charge >= 0.3 is 0 Å². The maximum Gasteiger partial charge on any atom is 0.168 e. The number of hydrogen-bond acceptors (Lipinski definition) is 2. The van der Waals surface area contributed by atoms with E-state index in [4.69, 9.17) is 4.74 Å². The highest BCUT2D eigenvalue weighted by Gasteiger charge is 2.31. The van der Waals surface area contributed by atoms with Gasteiger partial charge in [-0.3, -0.25) is 0 Å². The Morgan fingerprint density at radius 2 is 2.05 bits per heavy atom. The maximum atomic E-state index is 14.1. The van der Waals surface area contributed by atoms with E-state index in [-0.39, 0.29) is 5.82 Å². The minimum atomic E-state index is -0.188. The van der Waals surface area contributed by atoms with E-state index in [9.17, 15) is 4.39 Å². The zero-order valence-electron chi connectivity index (χ0n) is 12.1. The van der Waals surface area contributed by atoms with E-state index < -0.39 is 0 Å². The monoisotopic (exact) mass is 265 g/mol. The summed E-state index contributed by atoms with van der Waals surface area (Å²) in [6.07, 6.45) is 3.30. The van der Waals surface area contributed by atoms with Crippen LogP contribution in [-0.4, -0.2) is 19.7 Å². The average molecular weight is 265 g/mol. The van der Waals surface area contributed by atoms with Crippen molar-refractivity contribution in [1.82, 2.24) is 5.32 Å². The molecule has 0 saturated heterocycles. The van der Waals surface area contributed by atoms with E-state index in [1.54, 1.807) is 6.07 Å². The van der Waals surface area contributed by atoms with E-state index in [2.05, 4.69) is 19.2 Å². The molecule has 0 bridgehead atoms. The first kappa shape index (κ1) is 14.3. The van der Waals surface area contributed by atoms with Gasteiger partial charge < -0.3 is 10.1 Å². The van der Waals surface area contributed by atoms with E-state index >= 15 is 0 Å². The number of rotatable bonds is 6. The predicted molar refractivity (Wildman–Crippen MR) is 76.0 cm³/mol. The Balaban J connectivity index is 1.94. The molecule has 2 unspecified atom stereocenters. The van der Waals surface area contributed by atoms with Crippen LogP contribution in [0, 0.1) is 17.7 Å². The lowest BCUT2D eigenvalue weighted by Gasteiger charge is -2.37. The second-order valence-corrected chi connectivity index (χ2v) is 5.80. The van der Waals surface area contributed by atoms with Crippen molar-refractivity contribution in [3.63, 3.8) is 0 Å². The summed E-state index contributed by atoms with van der Waals surface area (Å²) in [6, 6.07) is 5.95. The molecule has 1 aliphatic rings. The van der Waals surface area contributed by atoms with Crippen LogP contribution in [0.4, 0.5) is 4.39 Å².